The molecule has 1 rings (SSSR count). The number of benzene rings is 1. The van der Waals surface area contributed by atoms with Gasteiger partial charge in [-0.2, -0.15) is 0 Å². The van der Waals surface area contributed by atoms with Gasteiger partial charge < -0.3 is 19.9 Å². The lowest BCUT2D eigenvalue weighted by atomic mass is 10.1. The van der Waals surface area contributed by atoms with E-state index in [0.29, 0.717) is 5.75 Å². The fourth-order valence-electron chi connectivity index (χ4n) is 1.92. The van der Waals surface area contributed by atoms with E-state index in [1.54, 1.807) is 20.8 Å². The average molecular weight is 368 g/mol. The highest BCUT2D eigenvalue weighted by atomic mass is 16.6. The van der Waals surface area contributed by atoms with Gasteiger partial charge in [0, 0.05) is 5.56 Å². The van der Waals surface area contributed by atoms with Crippen molar-refractivity contribution in [1.82, 2.24) is 10.8 Å². The van der Waals surface area contributed by atoms with Gasteiger partial charge in [0.1, 0.15) is 17.4 Å². The lowest BCUT2D eigenvalue weighted by Crippen LogP contribution is -2.51. The number of carbonyl (C=O) groups excluding carboxylic acids is 3. The maximum atomic E-state index is 12.1. The van der Waals surface area contributed by atoms with E-state index in [-0.39, 0.29) is 12.2 Å². The minimum Gasteiger partial charge on any atom is -0.482 e. The van der Waals surface area contributed by atoms with Crippen LogP contribution in [0.2, 0.25) is 0 Å². The summed E-state index contributed by atoms with van der Waals surface area (Å²) in [5, 5.41) is 20.4. The van der Waals surface area contributed by atoms with Gasteiger partial charge in [0.25, 0.3) is 11.8 Å². The zero-order valence-corrected chi connectivity index (χ0v) is 15.1. The number of amides is 2. The first-order valence-electron chi connectivity index (χ1n) is 7.91. The standard InChI is InChI=1S/C17H24N2O7/c1-10(20)14(16(23)19-24)18-15(22)11-5-7-12(8-6-11)25-9-13(21)26-17(2,3)4/h5-8,10,14,20,24H,9H2,1-4H3,(H,18,22)(H,19,23)/t10-,14+/m1/s1. The summed E-state index contributed by atoms with van der Waals surface area (Å²) in [5.74, 6) is -1.73. The molecule has 0 radical (unpaired) electrons. The smallest absolute Gasteiger partial charge is 0.344 e. The number of hydrogen-bond donors (Lipinski definition) is 4. The van der Waals surface area contributed by atoms with Crippen LogP contribution in [0, 0.1) is 0 Å². The Morgan fingerprint density at radius 1 is 1.15 bits per heavy atom. The Morgan fingerprint density at radius 3 is 2.19 bits per heavy atom. The maximum Gasteiger partial charge on any atom is 0.344 e. The molecule has 0 fully saturated rings. The number of ether oxygens (including phenoxy) is 2. The molecule has 0 unspecified atom stereocenters. The number of aliphatic hydroxyl groups excluding tert-OH is 1. The van der Waals surface area contributed by atoms with E-state index in [0.717, 1.165) is 0 Å². The van der Waals surface area contributed by atoms with Crippen LogP contribution in [0.3, 0.4) is 0 Å². The van der Waals surface area contributed by atoms with Crippen LogP contribution in [0.4, 0.5) is 0 Å². The van der Waals surface area contributed by atoms with Gasteiger partial charge >= 0.3 is 5.97 Å². The fourth-order valence-corrected chi connectivity index (χ4v) is 1.92. The summed E-state index contributed by atoms with van der Waals surface area (Å²) in [5.41, 5.74) is 0.971. The molecule has 0 aliphatic rings. The van der Waals surface area contributed by atoms with Gasteiger partial charge in [0.2, 0.25) is 0 Å². The van der Waals surface area contributed by atoms with E-state index in [9.17, 15) is 19.5 Å². The van der Waals surface area contributed by atoms with E-state index in [1.807, 2.05) is 0 Å². The van der Waals surface area contributed by atoms with Crippen LogP contribution in [0.5, 0.6) is 5.75 Å². The van der Waals surface area contributed by atoms with Crippen molar-refractivity contribution in [2.75, 3.05) is 6.61 Å². The van der Waals surface area contributed by atoms with Crippen LogP contribution in [0.15, 0.2) is 24.3 Å². The lowest BCUT2D eigenvalue weighted by Gasteiger charge is -2.20. The molecule has 4 N–H and O–H groups in total. The molecule has 9 heteroatoms. The Labute approximate surface area is 151 Å². The van der Waals surface area contributed by atoms with Crippen LogP contribution in [0.1, 0.15) is 38.1 Å². The van der Waals surface area contributed by atoms with Gasteiger partial charge in [-0.15, -0.1) is 0 Å². The Hall–Kier alpha value is -2.65. The Morgan fingerprint density at radius 2 is 1.73 bits per heavy atom. The number of aliphatic hydroxyl groups is 1. The molecule has 26 heavy (non-hydrogen) atoms. The molecule has 9 nitrogen and oxygen atoms in total. The molecule has 0 saturated carbocycles. The third kappa shape index (κ3) is 7.08. The predicted molar refractivity (Wildman–Crippen MR) is 90.6 cm³/mol. The van der Waals surface area contributed by atoms with Crippen LogP contribution >= 0.6 is 0 Å². The van der Waals surface area contributed by atoms with Crippen molar-refractivity contribution in [3.8, 4) is 5.75 Å². The number of nitrogens with one attached hydrogen (secondary N) is 2. The molecule has 0 heterocycles. The molecule has 2 atom stereocenters. The topological polar surface area (TPSA) is 134 Å². The fraction of sp³-hybridized carbons (Fsp3) is 0.471. The summed E-state index contributed by atoms with van der Waals surface area (Å²) >= 11 is 0. The number of hydrogen-bond acceptors (Lipinski definition) is 7. The minimum atomic E-state index is -1.31. The molecule has 1 aromatic rings. The second-order valence-corrected chi connectivity index (χ2v) is 6.57. The quantitative estimate of drug-likeness (QED) is 0.311. The van der Waals surface area contributed by atoms with Crippen LogP contribution < -0.4 is 15.5 Å². The monoisotopic (exact) mass is 368 g/mol. The van der Waals surface area contributed by atoms with E-state index >= 15 is 0 Å². The molecule has 144 valence electrons. The minimum absolute atomic E-state index is 0.200. The third-order valence-corrected chi connectivity index (χ3v) is 3.05. The summed E-state index contributed by atoms with van der Waals surface area (Å²) < 4.78 is 10.4. The molecule has 0 aliphatic heterocycles. The molecular weight excluding hydrogens is 344 g/mol. The largest absolute Gasteiger partial charge is 0.482 e. The Balaban J connectivity index is 2.64. The number of hydroxylamine groups is 1. The first-order chi connectivity index (χ1) is 12.0. The normalized spacial score (nSPS) is 13.3. The number of esters is 1. The first kappa shape index (κ1) is 21.4. The van der Waals surface area contributed by atoms with Gasteiger partial charge in [0.05, 0.1) is 6.10 Å². The highest BCUT2D eigenvalue weighted by Crippen LogP contribution is 2.13. The molecular formula is C17H24N2O7. The van der Waals surface area contributed by atoms with Gasteiger partial charge in [-0.25, -0.2) is 10.3 Å². The molecule has 0 bridgehead atoms. The van der Waals surface area contributed by atoms with Crippen molar-refractivity contribution in [2.45, 2.75) is 45.4 Å². The molecule has 0 aromatic heterocycles. The highest BCUT2D eigenvalue weighted by molar-refractivity contribution is 5.97. The molecule has 0 spiro atoms. The number of carbonyl (C=O) groups is 3. The van der Waals surface area contributed by atoms with Gasteiger partial charge in [-0.1, -0.05) is 0 Å². The van der Waals surface area contributed by atoms with Crippen LogP contribution in [0.25, 0.3) is 0 Å². The van der Waals surface area contributed by atoms with Crippen molar-refractivity contribution >= 4 is 17.8 Å². The van der Waals surface area contributed by atoms with Gasteiger partial charge in [-0.05, 0) is 52.0 Å². The van der Waals surface area contributed by atoms with E-state index < -0.39 is 35.5 Å². The SMILES string of the molecule is C[C@@H](O)[C@H](NC(=O)c1ccc(OCC(=O)OC(C)(C)C)cc1)C(=O)NO. The summed E-state index contributed by atoms with van der Waals surface area (Å²) in [6.07, 6.45) is -1.21. The van der Waals surface area contributed by atoms with Crippen molar-refractivity contribution < 1.29 is 34.2 Å². The molecule has 1 aromatic carbocycles. The van der Waals surface area contributed by atoms with Gasteiger partial charge in [0.15, 0.2) is 6.61 Å². The zero-order chi connectivity index (χ0) is 19.9. The van der Waals surface area contributed by atoms with E-state index in [4.69, 9.17) is 14.7 Å². The van der Waals surface area contributed by atoms with Crippen molar-refractivity contribution in [1.29, 1.82) is 0 Å². The lowest BCUT2D eigenvalue weighted by molar-refractivity contribution is -0.157. The molecule has 2 amide bonds. The third-order valence-electron chi connectivity index (χ3n) is 3.05. The van der Waals surface area contributed by atoms with Gasteiger partial charge in [-0.3, -0.25) is 14.8 Å². The summed E-state index contributed by atoms with van der Waals surface area (Å²) in [6.45, 7) is 6.26. The average Bonchev–Trinajstić information content (AvgIpc) is 2.55. The first-order valence-corrected chi connectivity index (χ1v) is 7.91. The Kier molecular flexibility index (Phi) is 7.54. The highest BCUT2D eigenvalue weighted by Gasteiger charge is 2.25. The van der Waals surface area contributed by atoms with E-state index in [2.05, 4.69) is 5.32 Å². The van der Waals surface area contributed by atoms with E-state index in [1.165, 1.54) is 36.7 Å². The van der Waals surface area contributed by atoms with Crippen molar-refractivity contribution in [3.63, 3.8) is 0 Å². The molecule has 0 aliphatic carbocycles. The van der Waals surface area contributed by atoms with Crippen LogP contribution in [-0.2, 0) is 14.3 Å². The zero-order valence-electron chi connectivity index (χ0n) is 15.1. The molecule has 0 saturated heterocycles. The second kappa shape index (κ2) is 9.16. The van der Waals surface area contributed by atoms with Crippen molar-refractivity contribution in [2.24, 2.45) is 0 Å². The summed E-state index contributed by atoms with van der Waals surface area (Å²) in [4.78, 5) is 35.1. The van der Waals surface area contributed by atoms with Crippen LogP contribution in [-0.4, -0.2) is 52.5 Å². The Bertz CT molecular complexity index is 636. The maximum absolute atomic E-state index is 12.1. The number of rotatable bonds is 7. The second-order valence-electron chi connectivity index (χ2n) is 6.57. The van der Waals surface area contributed by atoms with Crippen molar-refractivity contribution in [3.05, 3.63) is 29.8 Å². The summed E-state index contributed by atoms with van der Waals surface area (Å²) in [7, 11) is 0. The summed E-state index contributed by atoms with van der Waals surface area (Å²) in [6, 6.07) is 4.49. The predicted octanol–water partition coefficient (Wildman–Crippen LogP) is 0.392.